The fourth-order valence-corrected chi connectivity index (χ4v) is 1.18. The van der Waals surface area contributed by atoms with Gasteiger partial charge in [0, 0.05) is 6.04 Å². The Kier molecular flexibility index (Phi) is 2.78. The van der Waals surface area contributed by atoms with Gasteiger partial charge in [-0.25, -0.2) is 0 Å². The first-order chi connectivity index (χ1) is 4.39. The molecule has 0 saturated carbocycles. The van der Waals surface area contributed by atoms with E-state index in [0.717, 1.165) is 6.42 Å². The van der Waals surface area contributed by atoms with E-state index < -0.39 is 0 Å². The fourth-order valence-electron chi connectivity index (χ4n) is 1.18. The van der Waals surface area contributed by atoms with Crippen LogP contribution in [0, 0.1) is 0 Å². The Morgan fingerprint density at radius 3 is 3.00 bits per heavy atom. The van der Waals surface area contributed by atoms with Crippen molar-refractivity contribution in [2.24, 2.45) is 5.73 Å². The third-order valence-corrected chi connectivity index (χ3v) is 1.80. The summed E-state index contributed by atoms with van der Waals surface area (Å²) in [4.78, 5) is 0. The van der Waals surface area contributed by atoms with Crippen LogP contribution in [0.2, 0.25) is 0 Å². The van der Waals surface area contributed by atoms with Crippen LogP contribution in [0.15, 0.2) is 12.2 Å². The highest BCUT2D eigenvalue weighted by atomic mass is 14.6. The average molecular weight is 125 g/mol. The van der Waals surface area contributed by atoms with Crippen LogP contribution in [0.5, 0.6) is 0 Å². The summed E-state index contributed by atoms with van der Waals surface area (Å²) in [7, 11) is 0. The number of hydrogen-bond donors (Lipinski definition) is 1. The van der Waals surface area contributed by atoms with E-state index in [-0.39, 0.29) is 0 Å². The molecule has 1 aliphatic rings. The Balaban J connectivity index is 2.28. The van der Waals surface area contributed by atoms with Crippen LogP contribution in [-0.4, -0.2) is 6.04 Å². The summed E-state index contributed by atoms with van der Waals surface area (Å²) in [5.74, 6) is 0. The van der Waals surface area contributed by atoms with E-state index >= 15 is 0 Å². The van der Waals surface area contributed by atoms with Crippen molar-refractivity contribution in [3.8, 4) is 0 Å². The molecule has 9 heavy (non-hydrogen) atoms. The Bertz CT molecular complexity index is 96.7. The summed E-state index contributed by atoms with van der Waals surface area (Å²) >= 11 is 0. The molecule has 0 radical (unpaired) electrons. The summed E-state index contributed by atoms with van der Waals surface area (Å²) in [6.45, 7) is 0. The molecule has 0 saturated heterocycles. The average Bonchev–Trinajstić information content (AvgIpc) is 1.79. The summed E-state index contributed by atoms with van der Waals surface area (Å²) in [6.07, 6.45) is 10.6. The maximum atomic E-state index is 5.75. The summed E-state index contributed by atoms with van der Waals surface area (Å²) in [5, 5.41) is 0. The third kappa shape index (κ3) is 2.66. The summed E-state index contributed by atoms with van der Waals surface area (Å²) in [5.41, 5.74) is 5.75. The van der Waals surface area contributed by atoms with Gasteiger partial charge >= 0.3 is 0 Å². The van der Waals surface area contributed by atoms with Gasteiger partial charge in [0.2, 0.25) is 0 Å². The van der Waals surface area contributed by atoms with Crippen LogP contribution >= 0.6 is 0 Å². The van der Waals surface area contributed by atoms with Crippen LogP contribution in [0.25, 0.3) is 0 Å². The van der Waals surface area contributed by atoms with Crippen molar-refractivity contribution in [1.82, 2.24) is 0 Å². The topological polar surface area (TPSA) is 26.0 Å². The molecule has 1 nitrogen and oxygen atoms in total. The molecule has 0 spiro atoms. The Morgan fingerprint density at radius 2 is 2.11 bits per heavy atom. The molecule has 1 aliphatic carbocycles. The standard InChI is InChI=1S/C8H15N/c9-8-6-4-2-1-3-5-7-8/h2,4,8H,1,3,5-7,9H2/b4-2-. The van der Waals surface area contributed by atoms with Crippen molar-refractivity contribution in [1.29, 1.82) is 0 Å². The van der Waals surface area contributed by atoms with Crippen LogP contribution in [0.4, 0.5) is 0 Å². The fraction of sp³-hybridized carbons (Fsp3) is 0.750. The molecular weight excluding hydrogens is 110 g/mol. The first kappa shape index (κ1) is 6.81. The molecule has 0 aromatic heterocycles. The minimum absolute atomic E-state index is 0.432. The van der Waals surface area contributed by atoms with Gasteiger partial charge in [-0.15, -0.1) is 0 Å². The normalized spacial score (nSPS) is 32.8. The van der Waals surface area contributed by atoms with Crippen LogP contribution in [0.3, 0.4) is 0 Å². The second kappa shape index (κ2) is 3.67. The highest BCUT2D eigenvalue weighted by molar-refractivity contribution is 4.87. The number of nitrogens with two attached hydrogens (primary N) is 1. The predicted octanol–water partition coefficient (Wildman–Crippen LogP) is 1.83. The lowest BCUT2D eigenvalue weighted by molar-refractivity contribution is 0.560. The lowest BCUT2D eigenvalue weighted by Crippen LogP contribution is -2.18. The van der Waals surface area contributed by atoms with Crippen molar-refractivity contribution in [2.45, 2.75) is 38.1 Å². The van der Waals surface area contributed by atoms with Crippen molar-refractivity contribution < 1.29 is 0 Å². The zero-order valence-corrected chi connectivity index (χ0v) is 5.84. The van der Waals surface area contributed by atoms with E-state index in [1.54, 1.807) is 0 Å². The van der Waals surface area contributed by atoms with Gasteiger partial charge < -0.3 is 5.73 Å². The SMILES string of the molecule is NC1C/C=C\CCCC1. The molecule has 0 aromatic rings. The molecule has 1 rings (SSSR count). The Labute approximate surface area is 56.9 Å². The lowest BCUT2D eigenvalue weighted by Gasteiger charge is -2.09. The lowest BCUT2D eigenvalue weighted by atomic mass is 10.0. The van der Waals surface area contributed by atoms with Gasteiger partial charge in [-0.1, -0.05) is 18.6 Å². The van der Waals surface area contributed by atoms with Crippen molar-refractivity contribution >= 4 is 0 Å². The molecule has 2 N–H and O–H groups in total. The van der Waals surface area contributed by atoms with E-state index in [0.29, 0.717) is 6.04 Å². The van der Waals surface area contributed by atoms with E-state index in [1.807, 2.05) is 0 Å². The van der Waals surface area contributed by atoms with E-state index in [9.17, 15) is 0 Å². The number of rotatable bonds is 0. The number of hydrogen-bond acceptors (Lipinski definition) is 1. The first-order valence-electron chi connectivity index (χ1n) is 3.80. The molecule has 0 aromatic carbocycles. The molecule has 0 fully saturated rings. The quantitative estimate of drug-likeness (QED) is 0.491. The molecule has 0 amide bonds. The van der Waals surface area contributed by atoms with Gasteiger partial charge in [0.1, 0.15) is 0 Å². The number of allylic oxidation sites excluding steroid dienone is 1. The Hall–Kier alpha value is -0.300. The zero-order valence-electron chi connectivity index (χ0n) is 5.84. The maximum Gasteiger partial charge on any atom is 0.00734 e. The van der Waals surface area contributed by atoms with Crippen molar-refractivity contribution in [2.75, 3.05) is 0 Å². The second-order valence-electron chi connectivity index (χ2n) is 2.75. The van der Waals surface area contributed by atoms with Crippen LogP contribution in [0.1, 0.15) is 32.1 Å². The molecule has 1 atom stereocenters. The van der Waals surface area contributed by atoms with Crippen LogP contribution in [-0.2, 0) is 0 Å². The van der Waals surface area contributed by atoms with E-state index in [4.69, 9.17) is 5.73 Å². The first-order valence-corrected chi connectivity index (χ1v) is 3.80. The van der Waals surface area contributed by atoms with Crippen molar-refractivity contribution in [3.63, 3.8) is 0 Å². The van der Waals surface area contributed by atoms with Gasteiger partial charge in [0.25, 0.3) is 0 Å². The highest BCUT2D eigenvalue weighted by Crippen LogP contribution is 2.09. The monoisotopic (exact) mass is 125 g/mol. The molecular formula is C8H15N. The summed E-state index contributed by atoms with van der Waals surface area (Å²) < 4.78 is 0. The van der Waals surface area contributed by atoms with Gasteiger partial charge in [-0.3, -0.25) is 0 Å². The van der Waals surface area contributed by atoms with Crippen LogP contribution < -0.4 is 5.73 Å². The minimum atomic E-state index is 0.432. The zero-order chi connectivity index (χ0) is 6.53. The molecule has 0 aliphatic heterocycles. The van der Waals surface area contributed by atoms with E-state index in [1.165, 1.54) is 25.7 Å². The maximum absolute atomic E-state index is 5.75. The Morgan fingerprint density at radius 1 is 1.22 bits per heavy atom. The van der Waals surface area contributed by atoms with Crippen molar-refractivity contribution in [3.05, 3.63) is 12.2 Å². The third-order valence-electron chi connectivity index (χ3n) is 1.80. The molecule has 0 heterocycles. The smallest absolute Gasteiger partial charge is 0.00734 e. The van der Waals surface area contributed by atoms with Gasteiger partial charge in [-0.05, 0) is 25.7 Å². The van der Waals surface area contributed by atoms with Gasteiger partial charge in [0.15, 0.2) is 0 Å². The largest absolute Gasteiger partial charge is 0.327 e. The minimum Gasteiger partial charge on any atom is -0.327 e. The highest BCUT2D eigenvalue weighted by Gasteiger charge is 2.00. The molecule has 52 valence electrons. The predicted molar refractivity (Wildman–Crippen MR) is 40.2 cm³/mol. The summed E-state index contributed by atoms with van der Waals surface area (Å²) in [6, 6.07) is 0.432. The second-order valence-corrected chi connectivity index (χ2v) is 2.75. The molecule has 1 unspecified atom stereocenters. The van der Waals surface area contributed by atoms with Gasteiger partial charge in [0.05, 0.1) is 0 Å². The van der Waals surface area contributed by atoms with Gasteiger partial charge in [-0.2, -0.15) is 0 Å². The molecule has 1 heteroatoms. The molecule has 0 bridgehead atoms. The van der Waals surface area contributed by atoms with E-state index in [2.05, 4.69) is 12.2 Å².